The number of aliphatic hydroxyl groups excluding tert-OH is 1. The van der Waals surface area contributed by atoms with Crippen LogP contribution in [0.25, 0.3) is 0 Å². The molecule has 0 amide bonds. The zero-order valence-corrected chi connectivity index (χ0v) is 11.8. The molecule has 2 unspecified atom stereocenters. The Hall–Kier alpha value is -0.280. The highest BCUT2D eigenvalue weighted by atomic mass is 35.5. The standard InChI is InChI=1S/C14H18Cl2O2/c15-11-5-4-10(14(16)8-11)7-12(17)9-13-3-1-2-6-18-13/h4-5,8,12-13,17H,1-3,6-7,9H2. The lowest BCUT2D eigenvalue weighted by atomic mass is 9.99. The fourth-order valence-electron chi connectivity index (χ4n) is 2.32. The van der Waals surface area contributed by atoms with Gasteiger partial charge in [0.15, 0.2) is 0 Å². The minimum absolute atomic E-state index is 0.194. The van der Waals surface area contributed by atoms with Gasteiger partial charge in [-0.25, -0.2) is 0 Å². The van der Waals surface area contributed by atoms with Crippen LogP contribution in [0.1, 0.15) is 31.2 Å². The van der Waals surface area contributed by atoms with Crippen molar-refractivity contribution in [2.45, 2.75) is 44.3 Å². The van der Waals surface area contributed by atoms with Crippen LogP contribution in [0.5, 0.6) is 0 Å². The fourth-order valence-corrected chi connectivity index (χ4v) is 2.81. The first-order valence-electron chi connectivity index (χ1n) is 6.39. The van der Waals surface area contributed by atoms with E-state index in [1.807, 2.05) is 6.07 Å². The molecular weight excluding hydrogens is 271 g/mol. The minimum Gasteiger partial charge on any atom is -0.393 e. The number of benzene rings is 1. The summed E-state index contributed by atoms with van der Waals surface area (Å²) in [4.78, 5) is 0. The third-order valence-corrected chi connectivity index (χ3v) is 3.87. The summed E-state index contributed by atoms with van der Waals surface area (Å²) < 4.78 is 5.62. The van der Waals surface area contributed by atoms with E-state index in [1.165, 1.54) is 6.42 Å². The Morgan fingerprint density at radius 3 is 2.83 bits per heavy atom. The molecule has 0 aromatic heterocycles. The van der Waals surface area contributed by atoms with Crippen molar-refractivity contribution in [3.05, 3.63) is 33.8 Å². The van der Waals surface area contributed by atoms with Crippen LogP contribution >= 0.6 is 23.2 Å². The maximum absolute atomic E-state index is 10.1. The summed E-state index contributed by atoms with van der Waals surface area (Å²) in [6.45, 7) is 0.819. The second-order valence-corrected chi connectivity index (χ2v) is 5.66. The Labute approximate surface area is 118 Å². The van der Waals surface area contributed by atoms with E-state index in [1.54, 1.807) is 12.1 Å². The average Bonchev–Trinajstić information content (AvgIpc) is 2.34. The van der Waals surface area contributed by atoms with E-state index in [0.717, 1.165) is 25.0 Å². The molecule has 4 heteroatoms. The second-order valence-electron chi connectivity index (χ2n) is 4.82. The summed E-state index contributed by atoms with van der Waals surface area (Å²) in [6.07, 6.45) is 4.39. The Morgan fingerprint density at radius 2 is 2.17 bits per heavy atom. The van der Waals surface area contributed by atoms with E-state index in [-0.39, 0.29) is 6.10 Å². The molecule has 2 nitrogen and oxygen atoms in total. The van der Waals surface area contributed by atoms with Crippen molar-refractivity contribution in [2.75, 3.05) is 6.61 Å². The molecule has 1 aliphatic rings. The topological polar surface area (TPSA) is 29.5 Å². The molecule has 1 saturated heterocycles. The van der Waals surface area contributed by atoms with Gasteiger partial charge in [0.25, 0.3) is 0 Å². The van der Waals surface area contributed by atoms with Crippen molar-refractivity contribution in [2.24, 2.45) is 0 Å². The number of hydrogen-bond acceptors (Lipinski definition) is 2. The van der Waals surface area contributed by atoms with Crippen LogP contribution in [0.4, 0.5) is 0 Å². The highest BCUT2D eigenvalue weighted by Gasteiger charge is 2.19. The number of rotatable bonds is 4. The predicted octanol–water partition coefficient (Wildman–Crippen LogP) is 3.86. The first-order chi connectivity index (χ1) is 8.65. The number of aliphatic hydroxyl groups is 1. The first-order valence-corrected chi connectivity index (χ1v) is 7.14. The smallest absolute Gasteiger partial charge is 0.0605 e. The minimum atomic E-state index is -0.410. The Balaban J connectivity index is 1.87. The van der Waals surface area contributed by atoms with Crippen molar-refractivity contribution >= 4 is 23.2 Å². The lowest BCUT2D eigenvalue weighted by Crippen LogP contribution is -2.25. The van der Waals surface area contributed by atoms with Crippen LogP contribution in [0.2, 0.25) is 10.0 Å². The summed E-state index contributed by atoms with van der Waals surface area (Å²) in [5.41, 5.74) is 0.935. The molecular formula is C14H18Cl2O2. The van der Waals surface area contributed by atoms with Crippen LogP contribution in [0, 0.1) is 0 Å². The van der Waals surface area contributed by atoms with Crippen molar-refractivity contribution < 1.29 is 9.84 Å². The summed E-state index contributed by atoms with van der Waals surface area (Å²) in [6, 6.07) is 5.38. The van der Waals surface area contributed by atoms with Gasteiger partial charge in [0, 0.05) is 16.7 Å². The highest BCUT2D eigenvalue weighted by Crippen LogP contribution is 2.24. The average molecular weight is 289 g/mol. The van der Waals surface area contributed by atoms with E-state index >= 15 is 0 Å². The molecule has 1 aliphatic heterocycles. The number of hydrogen-bond donors (Lipinski definition) is 1. The van der Waals surface area contributed by atoms with Crippen molar-refractivity contribution in [3.63, 3.8) is 0 Å². The largest absolute Gasteiger partial charge is 0.393 e. The fraction of sp³-hybridized carbons (Fsp3) is 0.571. The first kappa shape index (κ1) is 14.1. The van der Waals surface area contributed by atoms with Crippen LogP contribution < -0.4 is 0 Å². The molecule has 0 saturated carbocycles. The summed E-state index contributed by atoms with van der Waals surface area (Å²) >= 11 is 11.9. The van der Waals surface area contributed by atoms with E-state index in [4.69, 9.17) is 27.9 Å². The third kappa shape index (κ3) is 4.13. The maximum atomic E-state index is 10.1. The lowest BCUT2D eigenvalue weighted by Gasteiger charge is -2.24. The second kappa shape index (κ2) is 6.76. The van der Waals surface area contributed by atoms with Crippen LogP contribution in [-0.4, -0.2) is 23.9 Å². The van der Waals surface area contributed by atoms with Gasteiger partial charge in [-0.05, 0) is 49.8 Å². The Morgan fingerprint density at radius 1 is 1.33 bits per heavy atom. The summed E-state index contributed by atoms with van der Waals surface area (Å²) in [7, 11) is 0. The lowest BCUT2D eigenvalue weighted by molar-refractivity contribution is -0.0147. The van der Waals surface area contributed by atoms with Crippen LogP contribution in [-0.2, 0) is 11.2 Å². The Kier molecular flexibility index (Phi) is 5.31. The van der Waals surface area contributed by atoms with Crippen molar-refractivity contribution in [3.8, 4) is 0 Å². The summed E-state index contributed by atoms with van der Waals surface area (Å²) in [5.74, 6) is 0. The maximum Gasteiger partial charge on any atom is 0.0605 e. The number of ether oxygens (including phenoxy) is 1. The van der Waals surface area contributed by atoms with Gasteiger partial charge in [0.2, 0.25) is 0 Å². The van der Waals surface area contributed by atoms with Crippen LogP contribution in [0.15, 0.2) is 18.2 Å². The molecule has 0 radical (unpaired) electrons. The van der Waals surface area contributed by atoms with Gasteiger partial charge in [-0.2, -0.15) is 0 Å². The quantitative estimate of drug-likeness (QED) is 0.912. The highest BCUT2D eigenvalue weighted by molar-refractivity contribution is 6.35. The van der Waals surface area contributed by atoms with E-state index in [0.29, 0.717) is 22.9 Å². The normalized spacial score (nSPS) is 21.8. The molecule has 1 fully saturated rings. The van der Waals surface area contributed by atoms with E-state index in [9.17, 15) is 5.11 Å². The molecule has 2 atom stereocenters. The van der Waals surface area contributed by atoms with E-state index < -0.39 is 6.10 Å². The van der Waals surface area contributed by atoms with Gasteiger partial charge in [-0.1, -0.05) is 29.3 Å². The molecule has 100 valence electrons. The predicted molar refractivity (Wildman–Crippen MR) is 74.4 cm³/mol. The van der Waals surface area contributed by atoms with Gasteiger partial charge in [-0.15, -0.1) is 0 Å². The molecule has 0 aliphatic carbocycles. The Bertz CT molecular complexity index is 389. The molecule has 0 spiro atoms. The molecule has 1 heterocycles. The van der Waals surface area contributed by atoms with Crippen molar-refractivity contribution in [1.29, 1.82) is 0 Å². The van der Waals surface area contributed by atoms with Crippen LogP contribution in [0.3, 0.4) is 0 Å². The van der Waals surface area contributed by atoms with Gasteiger partial charge in [-0.3, -0.25) is 0 Å². The summed E-state index contributed by atoms with van der Waals surface area (Å²) in [5, 5.41) is 11.3. The molecule has 1 aromatic carbocycles. The zero-order valence-electron chi connectivity index (χ0n) is 10.2. The molecule has 1 N–H and O–H groups in total. The molecule has 2 rings (SSSR count). The van der Waals surface area contributed by atoms with Gasteiger partial charge in [0.1, 0.15) is 0 Å². The molecule has 18 heavy (non-hydrogen) atoms. The van der Waals surface area contributed by atoms with Gasteiger partial charge in [0.05, 0.1) is 12.2 Å². The third-order valence-electron chi connectivity index (χ3n) is 3.28. The van der Waals surface area contributed by atoms with Gasteiger partial charge < -0.3 is 9.84 Å². The van der Waals surface area contributed by atoms with Crippen molar-refractivity contribution in [1.82, 2.24) is 0 Å². The number of halogens is 2. The molecule has 0 bridgehead atoms. The zero-order chi connectivity index (χ0) is 13.0. The monoisotopic (exact) mass is 288 g/mol. The van der Waals surface area contributed by atoms with E-state index in [2.05, 4.69) is 0 Å². The SMILES string of the molecule is OC(Cc1ccc(Cl)cc1Cl)CC1CCCCO1. The molecule has 1 aromatic rings. The van der Waals surface area contributed by atoms with Gasteiger partial charge >= 0.3 is 0 Å².